The summed E-state index contributed by atoms with van der Waals surface area (Å²) in [5.74, 6) is -1.58. The van der Waals surface area contributed by atoms with Crippen molar-refractivity contribution in [2.24, 2.45) is 0 Å². The molecule has 4 nitrogen and oxygen atoms in total. The molecule has 1 heterocycles. The number of nitrogens with zero attached hydrogens (tertiary/aromatic N) is 2. The number of benzene rings is 2. The molecule has 1 N–H and O–H groups in total. The third-order valence-electron chi connectivity index (χ3n) is 3.72. The molecule has 0 amide bonds. The maximum absolute atomic E-state index is 13.7. The smallest absolute Gasteiger partial charge is 0.274 e. The topological polar surface area (TPSA) is 55.1 Å². The summed E-state index contributed by atoms with van der Waals surface area (Å²) >= 11 is 0. The molecule has 0 spiro atoms. The van der Waals surface area contributed by atoms with Crippen molar-refractivity contribution in [3.05, 3.63) is 75.7 Å². The van der Waals surface area contributed by atoms with Gasteiger partial charge in [0.05, 0.1) is 17.6 Å². The van der Waals surface area contributed by atoms with Crippen molar-refractivity contribution < 1.29 is 13.9 Å². The Morgan fingerprint density at radius 3 is 2.57 bits per heavy atom. The quantitative estimate of drug-likeness (QED) is 0.808. The maximum Gasteiger partial charge on any atom is 0.274 e. The number of aliphatic hydroxyl groups excluding tert-OH is 1. The Morgan fingerprint density at radius 1 is 1.17 bits per heavy atom. The molecule has 3 aromatic rings. The van der Waals surface area contributed by atoms with Gasteiger partial charge in [-0.3, -0.25) is 4.79 Å². The molecular formula is C17H14F2N2O2. The zero-order chi connectivity index (χ0) is 16.6. The van der Waals surface area contributed by atoms with Crippen LogP contribution in [0.4, 0.5) is 8.78 Å². The second-order valence-electron chi connectivity index (χ2n) is 5.30. The highest BCUT2D eigenvalue weighted by molar-refractivity contribution is 5.83. The van der Waals surface area contributed by atoms with Gasteiger partial charge in [0.1, 0.15) is 17.7 Å². The lowest BCUT2D eigenvalue weighted by Gasteiger charge is -2.14. The van der Waals surface area contributed by atoms with Crippen molar-refractivity contribution in [3.63, 3.8) is 0 Å². The van der Waals surface area contributed by atoms with E-state index in [1.807, 2.05) is 6.07 Å². The lowest BCUT2D eigenvalue weighted by molar-refractivity contribution is 0.145. The molecule has 0 radical (unpaired) electrons. The maximum atomic E-state index is 13.7. The SMILES string of the molecule is Cc1nn(C[C@H](O)c2ccc(F)cc2F)c(=O)c2ccccc12. The molecule has 1 aromatic heterocycles. The minimum Gasteiger partial charge on any atom is -0.386 e. The fourth-order valence-corrected chi connectivity index (χ4v) is 2.56. The van der Waals surface area contributed by atoms with Crippen molar-refractivity contribution >= 4 is 10.8 Å². The van der Waals surface area contributed by atoms with Crippen LogP contribution in [0.3, 0.4) is 0 Å². The highest BCUT2D eigenvalue weighted by Crippen LogP contribution is 2.20. The Hall–Kier alpha value is -2.60. The fraction of sp³-hybridized carbons (Fsp3) is 0.176. The zero-order valence-corrected chi connectivity index (χ0v) is 12.3. The fourth-order valence-electron chi connectivity index (χ4n) is 2.56. The van der Waals surface area contributed by atoms with Gasteiger partial charge < -0.3 is 5.11 Å². The Bertz CT molecular complexity index is 938. The summed E-state index contributed by atoms with van der Waals surface area (Å²) in [6.45, 7) is 1.54. The van der Waals surface area contributed by atoms with Crippen LogP contribution in [0, 0.1) is 18.6 Å². The first-order chi connectivity index (χ1) is 11.0. The molecule has 6 heteroatoms. The molecule has 23 heavy (non-hydrogen) atoms. The first kappa shape index (κ1) is 15.3. The molecule has 0 saturated heterocycles. The van der Waals surface area contributed by atoms with Crippen LogP contribution in [0.15, 0.2) is 47.3 Å². The van der Waals surface area contributed by atoms with Crippen molar-refractivity contribution in [2.45, 2.75) is 19.6 Å². The van der Waals surface area contributed by atoms with E-state index in [0.29, 0.717) is 17.1 Å². The molecule has 0 aliphatic carbocycles. The monoisotopic (exact) mass is 316 g/mol. The van der Waals surface area contributed by atoms with E-state index in [9.17, 15) is 18.7 Å². The average molecular weight is 316 g/mol. The lowest BCUT2D eigenvalue weighted by Crippen LogP contribution is -2.27. The van der Waals surface area contributed by atoms with Crippen molar-refractivity contribution in [1.82, 2.24) is 9.78 Å². The molecule has 2 aromatic carbocycles. The van der Waals surface area contributed by atoms with Crippen LogP contribution >= 0.6 is 0 Å². The summed E-state index contributed by atoms with van der Waals surface area (Å²) in [6, 6.07) is 9.93. The number of aryl methyl sites for hydroxylation is 1. The number of halogens is 2. The normalized spacial score (nSPS) is 12.5. The summed E-state index contributed by atoms with van der Waals surface area (Å²) in [6.07, 6.45) is -1.30. The van der Waals surface area contributed by atoms with Gasteiger partial charge in [0.2, 0.25) is 0 Å². The number of aliphatic hydroxyl groups is 1. The Morgan fingerprint density at radius 2 is 1.87 bits per heavy atom. The van der Waals surface area contributed by atoms with E-state index in [2.05, 4.69) is 5.10 Å². The van der Waals surface area contributed by atoms with Gasteiger partial charge in [-0.15, -0.1) is 0 Å². The second kappa shape index (κ2) is 5.89. The first-order valence-electron chi connectivity index (χ1n) is 7.07. The highest BCUT2D eigenvalue weighted by atomic mass is 19.1. The van der Waals surface area contributed by atoms with Crippen molar-refractivity contribution in [1.29, 1.82) is 0 Å². The Balaban J connectivity index is 2.01. The summed E-state index contributed by atoms with van der Waals surface area (Å²) in [4.78, 5) is 12.4. The predicted molar refractivity (Wildman–Crippen MR) is 82.1 cm³/mol. The molecular weight excluding hydrogens is 302 g/mol. The molecule has 118 valence electrons. The highest BCUT2D eigenvalue weighted by Gasteiger charge is 2.16. The molecule has 0 saturated carbocycles. The number of aromatic nitrogens is 2. The molecule has 0 bridgehead atoms. The zero-order valence-electron chi connectivity index (χ0n) is 12.3. The van der Waals surface area contributed by atoms with Crippen LogP contribution in [-0.4, -0.2) is 14.9 Å². The number of hydrogen-bond acceptors (Lipinski definition) is 3. The summed E-state index contributed by atoms with van der Waals surface area (Å²) in [7, 11) is 0. The van der Waals surface area contributed by atoms with E-state index in [-0.39, 0.29) is 17.7 Å². The predicted octanol–water partition coefficient (Wildman–Crippen LogP) is 2.72. The Kier molecular flexibility index (Phi) is 3.92. The van der Waals surface area contributed by atoms with Crippen LogP contribution in [0.2, 0.25) is 0 Å². The molecule has 0 aliphatic heterocycles. The number of rotatable bonds is 3. The van der Waals surface area contributed by atoms with Gasteiger partial charge in [0, 0.05) is 17.0 Å². The average Bonchev–Trinajstić information content (AvgIpc) is 2.52. The van der Waals surface area contributed by atoms with E-state index in [4.69, 9.17) is 0 Å². The van der Waals surface area contributed by atoms with E-state index in [0.717, 1.165) is 22.2 Å². The van der Waals surface area contributed by atoms with E-state index >= 15 is 0 Å². The van der Waals surface area contributed by atoms with Crippen LogP contribution in [0.25, 0.3) is 10.8 Å². The van der Waals surface area contributed by atoms with Crippen molar-refractivity contribution in [3.8, 4) is 0 Å². The van der Waals surface area contributed by atoms with Gasteiger partial charge in [0.15, 0.2) is 0 Å². The van der Waals surface area contributed by atoms with Gasteiger partial charge in [-0.05, 0) is 19.1 Å². The van der Waals surface area contributed by atoms with Crippen LogP contribution in [0.5, 0.6) is 0 Å². The largest absolute Gasteiger partial charge is 0.386 e. The van der Waals surface area contributed by atoms with Gasteiger partial charge in [-0.25, -0.2) is 13.5 Å². The van der Waals surface area contributed by atoms with Crippen LogP contribution < -0.4 is 5.56 Å². The van der Waals surface area contributed by atoms with E-state index in [1.165, 1.54) is 0 Å². The minimum atomic E-state index is -1.30. The standard InChI is InChI=1S/C17H14F2N2O2/c1-10-12-4-2-3-5-13(12)17(23)21(20-10)9-16(22)14-7-6-11(18)8-15(14)19/h2-8,16,22H,9H2,1H3/t16-/m0/s1. The van der Waals surface area contributed by atoms with Crippen LogP contribution in [-0.2, 0) is 6.54 Å². The number of fused-ring (bicyclic) bond motifs is 1. The minimum absolute atomic E-state index is 0.0779. The van der Waals surface area contributed by atoms with Gasteiger partial charge in [-0.1, -0.05) is 24.3 Å². The summed E-state index contributed by atoms with van der Waals surface area (Å²) < 4.78 is 27.8. The molecule has 3 rings (SSSR count). The third-order valence-corrected chi connectivity index (χ3v) is 3.72. The molecule has 0 unspecified atom stereocenters. The van der Waals surface area contributed by atoms with Gasteiger partial charge in [0.25, 0.3) is 5.56 Å². The van der Waals surface area contributed by atoms with Gasteiger partial charge in [-0.2, -0.15) is 5.10 Å². The van der Waals surface area contributed by atoms with E-state index < -0.39 is 17.7 Å². The second-order valence-corrected chi connectivity index (χ2v) is 5.30. The van der Waals surface area contributed by atoms with E-state index in [1.54, 1.807) is 25.1 Å². The Labute approximate surface area is 130 Å². The molecule has 0 aliphatic rings. The van der Waals surface area contributed by atoms with Gasteiger partial charge >= 0.3 is 0 Å². The summed E-state index contributed by atoms with van der Waals surface area (Å²) in [5, 5.41) is 15.5. The van der Waals surface area contributed by atoms with Crippen molar-refractivity contribution in [2.75, 3.05) is 0 Å². The summed E-state index contributed by atoms with van der Waals surface area (Å²) in [5.41, 5.74) is 0.186. The lowest BCUT2D eigenvalue weighted by atomic mass is 10.1. The first-order valence-corrected chi connectivity index (χ1v) is 7.07. The molecule has 0 fully saturated rings. The molecule has 1 atom stereocenters. The number of hydrogen-bond donors (Lipinski definition) is 1. The van der Waals surface area contributed by atoms with Crippen LogP contribution in [0.1, 0.15) is 17.4 Å². The third kappa shape index (κ3) is 2.85.